The third-order valence-electron chi connectivity index (χ3n) is 1.06. The fourth-order valence-electron chi connectivity index (χ4n) is 0.633. The van der Waals surface area contributed by atoms with Gasteiger partial charge >= 0.3 is 6.03 Å². The first kappa shape index (κ1) is 5.37. The number of nitrogens with two attached hydrogens (primary N) is 1. The highest BCUT2D eigenvalue weighted by atomic mass is 16.3. The van der Waals surface area contributed by atoms with Gasteiger partial charge in [-0.15, -0.1) is 0 Å². The summed E-state index contributed by atoms with van der Waals surface area (Å²) >= 11 is 0. The molecular formula is C4H9N3O. The van der Waals surface area contributed by atoms with Gasteiger partial charge in [0, 0.05) is 6.54 Å². The normalized spacial score (nSPS) is 28.6. The standard InChI is InChI=1S/C4H9N3O/c5-3-1-2-6-4(8)7-3/h3H,1-2,5H2,(H2,6,7,8)/i4+1,6+1,7+1. The second kappa shape index (κ2) is 2.00. The maximum absolute atomic E-state index is 10.4. The van der Waals surface area contributed by atoms with Crippen LogP contribution >= 0.6 is 0 Å². The Kier molecular flexibility index (Phi) is 1.34. The van der Waals surface area contributed by atoms with E-state index in [0.29, 0.717) is 6.54 Å². The molecule has 0 aliphatic carbocycles. The molecule has 1 aliphatic rings. The van der Waals surface area contributed by atoms with Crippen molar-refractivity contribution in [2.75, 3.05) is 6.54 Å². The van der Waals surface area contributed by atoms with E-state index in [-0.39, 0.29) is 12.2 Å². The van der Waals surface area contributed by atoms with Crippen LogP contribution in [0.5, 0.6) is 0 Å². The molecule has 2 amide bonds. The van der Waals surface area contributed by atoms with E-state index in [0.717, 1.165) is 6.42 Å². The van der Waals surface area contributed by atoms with Crippen molar-refractivity contribution in [2.24, 2.45) is 5.73 Å². The van der Waals surface area contributed by atoms with Crippen molar-refractivity contribution < 1.29 is 4.79 Å². The molecule has 8 heavy (non-hydrogen) atoms. The lowest BCUT2D eigenvalue weighted by Crippen LogP contribution is -2.53. The number of hydrogen-bond acceptors (Lipinski definition) is 2. The van der Waals surface area contributed by atoms with Crippen LogP contribution in [-0.2, 0) is 0 Å². The zero-order valence-corrected chi connectivity index (χ0v) is 4.48. The molecule has 0 radical (unpaired) electrons. The van der Waals surface area contributed by atoms with Crippen LogP contribution in [0.15, 0.2) is 0 Å². The van der Waals surface area contributed by atoms with Crippen LogP contribution in [0.4, 0.5) is 4.79 Å². The van der Waals surface area contributed by atoms with Crippen LogP contribution in [0.3, 0.4) is 0 Å². The molecule has 1 heterocycles. The number of nitrogens with one attached hydrogen (secondary N) is 2. The molecule has 0 aromatic carbocycles. The fourth-order valence-corrected chi connectivity index (χ4v) is 0.633. The summed E-state index contributed by atoms with van der Waals surface area (Å²) in [5.74, 6) is 0. The van der Waals surface area contributed by atoms with Crippen LogP contribution in [0.2, 0.25) is 0 Å². The highest BCUT2D eigenvalue weighted by molar-refractivity contribution is 5.74. The second-order valence-electron chi connectivity index (χ2n) is 1.80. The lowest BCUT2D eigenvalue weighted by molar-refractivity contribution is 0.229. The number of rotatable bonds is 0. The van der Waals surface area contributed by atoms with E-state index < -0.39 is 0 Å². The van der Waals surface area contributed by atoms with Crippen LogP contribution in [0, 0.1) is 0 Å². The minimum absolute atomic E-state index is 0.149. The summed E-state index contributed by atoms with van der Waals surface area (Å²) in [4.78, 5) is 10.4. The SMILES string of the molecule is NC1CC[15NH][13C](=O)[15NH]1. The summed E-state index contributed by atoms with van der Waals surface area (Å²) in [5, 5.41) is 5.09. The van der Waals surface area contributed by atoms with Crippen molar-refractivity contribution >= 4 is 6.03 Å². The second-order valence-corrected chi connectivity index (χ2v) is 1.80. The van der Waals surface area contributed by atoms with Gasteiger partial charge in [0.05, 0.1) is 6.17 Å². The van der Waals surface area contributed by atoms with Gasteiger partial charge in [-0.05, 0) is 6.42 Å². The van der Waals surface area contributed by atoms with Gasteiger partial charge in [-0.1, -0.05) is 0 Å². The average molecular weight is 118 g/mol. The molecule has 1 atom stereocenters. The zero-order chi connectivity index (χ0) is 5.98. The number of carbonyl (C=O) groups is 1. The highest BCUT2D eigenvalue weighted by Gasteiger charge is 2.11. The minimum atomic E-state index is -0.163. The van der Waals surface area contributed by atoms with Gasteiger partial charge < -0.3 is 16.4 Å². The minimum Gasteiger partial charge on any atom is -0.338 e. The Balaban J connectivity index is 2.34. The van der Waals surface area contributed by atoms with Gasteiger partial charge in [-0.2, -0.15) is 0 Å². The van der Waals surface area contributed by atoms with Gasteiger partial charge in [0.25, 0.3) is 0 Å². The van der Waals surface area contributed by atoms with Crippen molar-refractivity contribution in [2.45, 2.75) is 12.6 Å². The molecule has 1 saturated heterocycles. The Bertz CT molecular complexity index is 103. The smallest absolute Gasteiger partial charge is 0.316 e. The quantitative estimate of drug-likeness (QED) is 0.281. The molecule has 0 aromatic rings. The maximum atomic E-state index is 10.4. The molecule has 4 N–H and O–H groups in total. The first-order chi connectivity index (χ1) is 3.79. The van der Waals surface area contributed by atoms with Gasteiger partial charge in [0.1, 0.15) is 0 Å². The third kappa shape index (κ3) is 1.10. The van der Waals surface area contributed by atoms with Crippen LogP contribution in [-0.4, -0.2) is 18.7 Å². The Morgan fingerprint density at radius 1 is 1.75 bits per heavy atom. The summed E-state index contributed by atoms with van der Waals surface area (Å²) in [6.07, 6.45) is 0.662. The molecule has 1 rings (SSSR count). The van der Waals surface area contributed by atoms with Crippen molar-refractivity contribution in [1.82, 2.24) is 10.6 Å². The van der Waals surface area contributed by atoms with Gasteiger partial charge in [0.15, 0.2) is 0 Å². The zero-order valence-electron chi connectivity index (χ0n) is 4.48. The van der Waals surface area contributed by atoms with Crippen LogP contribution < -0.4 is 16.4 Å². The van der Waals surface area contributed by atoms with Crippen LogP contribution in [0.1, 0.15) is 6.42 Å². The molecular weight excluding hydrogens is 109 g/mol. The molecule has 0 bridgehead atoms. The number of hydrogen-bond donors (Lipinski definition) is 3. The molecule has 1 aliphatic heterocycles. The molecule has 0 saturated carbocycles. The van der Waals surface area contributed by atoms with E-state index in [1.165, 1.54) is 0 Å². The lowest BCUT2D eigenvalue weighted by atomic mass is 10.4. The van der Waals surface area contributed by atoms with Crippen molar-refractivity contribution in [1.29, 1.82) is 0 Å². The Morgan fingerprint density at radius 3 is 2.88 bits per heavy atom. The maximum Gasteiger partial charge on any atom is 0.316 e. The first-order valence-corrected chi connectivity index (χ1v) is 2.59. The fraction of sp³-hybridized carbons (Fsp3) is 0.750. The molecule has 4 nitrogen and oxygen atoms in total. The lowest BCUT2D eigenvalue weighted by Gasteiger charge is -2.19. The van der Waals surface area contributed by atoms with Gasteiger partial charge in [0.2, 0.25) is 0 Å². The highest BCUT2D eigenvalue weighted by Crippen LogP contribution is 1.86. The predicted molar refractivity (Wildman–Crippen MR) is 29.1 cm³/mol. The van der Waals surface area contributed by atoms with Crippen LogP contribution in [0.25, 0.3) is 0 Å². The van der Waals surface area contributed by atoms with Crippen molar-refractivity contribution in [3.8, 4) is 0 Å². The van der Waals surface area contributed by atoms with Gasteiger partial charge in [-0.3, -0.25) is 0 Å². The Labute approximate surface area is 47.4 Å². The monoisotopic (exact) mass is 118 g/mol. The summed E-state index contributed by atoms with van der Waals surface area (Å²) in [7, 11) is 0. The number of carbonyl (C=O) groups excluding carboxylic acids is 1. The molecule has 0 aromatic heterocycles. The predicted octanol–water partition coefficient (Wildman–Crippen LogP) is -1.03. The molecule has 1 unspecified atom stereocenters. The Hall–Kier alpha value is -0.770. The van der Waals surface area contributed by atoms with E-state index in [4.69, 9.17) is 5.73 Å². The molecule has 0 spiro atoms. The molecule has 1 fully saturated rings. The number of urea groups is 1. The van der Waals surface area contributed by atoms with E-state index in [1.807, 2.05) is 0 Å². The van der Waals surface area contributed by atoms with Crippen molar-refractivity contribution in [3.63, 3.8) is 0 Å². The van der Waals surface area contributed by atoms with Crippen molar-refractivity contribution in [3.05, 3.63) is 0 Å². The summed E-state index contributed by atoms with van der Waals surface area (Å²) in [6.45, 7) is 0.688. The third-order valence-corrected chi connectivity index (χ3v) is 1.06. The summed E-state index contributed by atoms with van der Waals surface area (Å²) < 4.78 is 0. The first-order valence-electron chi connectivity index (χ1n) is 2.59. The molecule has 46 valence electrons. The Morgan fingerprint density at radius 2 is 2.50 bits per heavy atom. The van der Waals surface area contributed by atoms with Gasteiger partial charge in [-0.25, -0.2) is 4.79 Å². The van der Waals surface area contributed by atoms with E-state index in [9.17, 15) is 4.79 Å². The van der Waals surface area contributed by atoms with E-state index in [1.54, 1.807) is 0 Å². The topological polar surface area (TPSA) is 67.1 Å². The van der Waals surface area contributed by atoms with E-state index >= 15 is 0 Å². The summed E-state index contributed by atoms with van der Waals surface area (Å²) in [6, 6.07) is -0.163. The average Bonchev–Trinajstić information content (AvgIpc) is 1.64. The largest absolute Gasteiger partial charge is 0.338 e. The molecule has 4 heteroatoms. The van der Waals surface area contributed by atoms with E-state index in [2.05, 4.69) is 10.6 Å². The summed E-state index contributed by atoms with van der Waals surface area (Å²) in [5.41, 5.74) is 5.35. The number of amides is 2.